The number of nitrogens with zero attached hydrogens (tertiary/aromatic N) is 2. The third kappa shape index (κ3) is 3.46. The zero-order valence-corrected chi connectivity index (χ0v) is 13.2. The van der Waals surface area contributed by atoms with E-state index in [1.54, 1.807) is 0 Å². The third-order valence-corrected chi connectivity index (χ3v) is 4.01. The molecule has 4 heteroatoms. The van der Waals surface area contributed by atoms with Crippen LogP contribution in [0, 0.1) is 0 Å². The monoisotopic (exact) mass is 297 g/mol. The van der Waals surface area contributed by atoms with Crippen LogP contribution in [0.15, 0.2) is 42.7 Å². The van der Waals surface area contributed by atoms with Gasteiger partial charge in [-0.05, 0) is 61.5 Å². The van der Waals surface area contributed by atoms with E-state index in [0.29, 0.717) is 0 Å². The van der Waals surface area contributed by atoms with E-state index in [9.17, 15) is 0 Å². The Morgan fingerprint density at radius 3 is 2.82 bits per heavy atom. The van der Waals surface area contributed by atoms with Gasteiger partial charge in [0.2, 0.25) is 0 Å². The Kier molecular flexibility index (Phi) is 4.71. The van der Waals surface area contributed by atoms with Crippen LogP contribution in [0.3, 0.4) is 0 Å². The maximum absolute atomic E-state index is 5.85. The van der Waals surface area contributed by atoms with Gasteiger partial charge >= 0.3 is 0 Å². The number of rotatable bonds is 5. The van der Waals surface area contributed by atoms with E-state index >= 15 is 0 Å². The molecule has 2 heterocycles. The molecule has 0 saturated carbocycles. The number of hydrogen-bond donors (Lipinski definition) is 1. The van der Waals surface area contributed by atoms with Crippen molar-refractivity contribution in [1.29, 1.82) is 0 Å². The fourth-order valence-corrected chi connectivity index (χ4v) is 2.83. The predicted molar refractivity (Wildman–Crippen MR) is 88.3 cm³/mol. The quantitative estimate of drug-likeness (QED) is 0.918. The van der Waals surface area contributed by atoms with Gasteiger partial charge in [0.1, 0.15) is 12.4 Å². The zero-order valence-electron chi connectivity index (χ0n) is 13.2. The van der Waals surface area contributed by atoms with Crippen LogP contribution < -0.4 is 10.1 Å². The van der Waals surface area contributed by atoms with Gasteiger partial charge in [-0.15, -0.1) is 0 Å². The van der Waals surface area contributed by atoms with Crippen molar-refractivity contribution >= 4 is 0 Å². The van der Waals surface area contributed by atoms with E-state index in [1.807, 2.05) is 12.4 Å². The fourth-order valence-electron chi connectivity index (χ4n) is 2.83. The predicted octanol–water partition coefficient (Wildman–Crippen LogP) is 2.26. The van der Waals surface area contributed by atoms with Gasteiger partial charge in [-0.3, -0.25) is 4.98 Å². The summed E-state index contributed by atoms with van der Waals surface area (Å²) in [4.78, 5) is 6.23. The Balaban J connectivity index is 1.78. The maximum Gasteiger partial charge on any atom is 0.119 e. The lowest BCUT2D eigenvalue weighted by atomic mass is 9.90. The Bertz CT molecular complexity index is 613. The summed E-state index contributed by atoms with van der Waals surface area (Å²) in [7, 11) is 4.11. The van der Waals surface area contributed by atoms with E-state index in [0.717, 1.165) is 31.9 Å². The summed E-state index contributed by atoms with van der Waals surface area (Å²) < 4.78 is 5.85. The number of aromatic nitrogens is 1. The molecule has 1 aromatic carbocycles. The molecule has 0 spiro atoms. The summed E-state index contributed by atoms with van der Waals surface area (Å²) in [6, 6.07) is 10.9. The van der Waals surface area contributed by atoms with Crippen LogP contribution >= 0.6 is 0 Å². The first kappa shape index (κ1) is 15.0. The Hall–Kier alpha value is -1.91. The van der Waals surface area contributed by atoms with Crippen molar-refractivity contribution in [2.75, 3.05) is 33.8 Å². The number of likely N-dealkylation sites (N-methyl/N-ethyl adjacent to an activating group) is 1. The molecule has 1 unspecified atom stereocenters. The second kappa shape index (κ2) is 6.90. The van der Waals surface area contributed by atoms with Crippen LogP contribution in [-0.4, -0.2) is 43.7 Å². The first-order valence-corrected chi connectivity index (χ1v) is 7.78. The molecule has 0 amide bonds. The SMILES string of the molecule is CN(C)CCOc1ccc2c(c1)CCNC2c1ccncc1. The van der Waals surface area contributed by atoms with Crippen molar-refractivity contribution < 1.29 is 4.74 Å². The van der Waals surface area contributed by atoms with Crippen molar-refractivity contribution in [3.8, 4) is 5.75 Å². The molecule has 1 aromatic heterocycles. The molecule has 0 saturated heterocycles. The number of ether oxygens (including phenoxy) is 1. The minimum atomic E-state index is 0.252. The summed E-state index contributed by atoms with van der Waals surface area (Å²) in [6.07, 6.45) is 4.75. The summed E-state index contributed by atoms with van der Waals surface area (Å²) in [6.45, 7) is 2.64. The Labute approximate surface area is 132 Å². The minimum Gasteiger partial charge on any atom is -0.492 e. The average molecular weight is 297 g/mol. The lowest BCUT2D eigenvalue weighted by Gasteiger charge is -2.27. The minimum absolute atomic E-state index is 0.252. The number of benzene rings is 1. The van der Waals surface area contributed by atoms with E-state index < -0.39 is 0 Å². The standard InChI is InChI=1S/C18H23N3O/c1-21(2)11-12-22-16-3-4-17-15(13-16)7-10-20-18(17)14-5-8-19-9-6-14/h3-6,8-9,13,18,20H,7,10-12H2,1-2H3. The molecule has 116 valence electrons. The average Bonchev–Trinajstić information content (AvgIpc) is 2.54. The van der Waals surface area contributed by atoms with Gasteiger partial charge in [0.05, 0.1) is 6.04 Å². The maximum atomic E-state index is 5.85. The fraction of sp³-hybridized carbons (Fsp3) is 0.389. The molecule has 1 atom stereocenters. The Morgan fingerprint density at radius 1 is 1.23 bits per heavy atom. The molecule has 1 aliphatic heterocycles. The van der Waals surface area contributed by atoms with Crippen LogP contribution in [0.1, 0.15) is 22.7 Å². The molecule has 3 rings (SSSR count). The molecular weight excluding hydrogens is 274 g/mol. The van der Waals surface area contributed by atoms with Crippen LogP contribution in [0.25, 0.3) is 0 Å². The summed E-state index contributed by atoms with van der Waals surface area (Å²) in [5.74, 6) is 0.968. The molecule has 0 aliphatic carbocycles. The van der Waals surface area contributed by atoms with E-state index in [-0.39, 0.29) is 6.04 Å². The molecule has 4 nitrogen and oxygen atoms in total. The molecule has 22 heavy (non-hydrogen) atoms. The summed E-state index contributed by atoms with van der Waals surface area (Å²) in [5, 5.41) is 3.59. The molecule has 0 radical (unpaired) electrons. The van der Waals surface area contributed by atoms with Gasteiger partial charge < -0.3 is 15.0 Å². The van der Waals surface area contributed by atoms with E-state index in [1.165, 1.54) is 16.7 Å². The lowest BCUT2D eigenvalue weighted by Crippen LogP contribution is -2.30. The second-order valence-electron chi connectivity index (χ2n) is 5.93. The second-order valence-corrected chi connectivity index (χ2v) is 5.93. The highest BCUT2D eigenvalue weighted by atomic mass is 16.5. The Morgan fingerprint density at radius 2 is 2.05 bits per heavy atom. The third-order valence-electron chi connectivity index (χ3n) is 4.01. The van der Waals surface area contributed by atoms with Crippen molar-refractivity contribution in [3.63, 3.8) is 0 Å². The van der Waals surface area contributed by atoms with Gasteiger partial charge in [-0.1, -0.05) is 6.07 Å². The molecule has 1 aliphatic rings. The summed E-state index contributed by atoms with van der Waals surface area (Å²) in [5.41, 5.74) is 3.98. The summed E-state index contributed by atoms with van der Waals surface area (Å²) >= 11 is 0. The van der Waals surface area contributed by atoms with Crippen molar-refractivity contribution in [1.82, 2.24) is 15.2 Å². The van der Waals surface area contributed by atoms with Crippen molar-refractivity contribution in [2.45, 2.75) is 12.5 Å². The highest BCUT2D eigenvalue weighted by Gasteiger charge is 2.21. The highest BCUT2D eigenvalue weighted by Crippen LogP contribution is 2.30. The van der Waals surface area contributed by atoms with Crippen LogP contribution in [0.5, 0.6) is 5.75 Å². The van der Waals surface area contributed by atoms with Gasteiger partial charge in [0, 0.05) is 25.5 Å². The van der Waals surface area contributed by atoms with E-state index in [4.69, 9.17) is 4.74 Å². The van der Waals surface area contributed by atoms with Gasteiger partial charge in [-0.2, -0.15) is 0 Å². The first-order chi connectivity index (χ1) is 10.7. The number of hydrogen-bond acceptors (Lipinski definition) is 4. The highest BCUT2D eigenvalue weighted by molar-refractivity contribution is 5.43. The van der Waals surface area contributed by atoms with Crippen LogP contribution in [0.4, 0.5) is 0 Å². The van der Waals surface area contributed by atoms with E-state index in [2.05, 4.69) is 59.6 Å². The normalized spacial score (nSPS) is 17.3. The van der Waals surface area contributed by atoms with Gasteiger partial charge in [-0.25, -0.2) is 0 Å². The van der Waals surface area contributed by atoms with Crippen molar-refractivity contribution in [3.05, 3.63) is 59.4 Å². The number of nitrogens with one attached hydrogen (secondary N) is 1. The molecule has 2 aromatic rings. The van der Waals surface area contributed by atoms with Crippen LogP contribution in [0.2, 0.25) is 0 Å². The lowest BCUT2D eigenvalue weighted by molar-refractivity contribution is 0.261. The van der Waals surface area contributed by atoms with Gasteiger partial charge in [0.25, 0.3) is 0 Å². The smallest absolute Gasteiger partial charge is 0.119 e. The topological polar surface area (TPSA) is 37.4 Å². The number of fused-ring (bicyclic) bond motifs is 1. The van der Waals surface area contributed by atoms with Crippen LogP contribution in [-0.2, 0) is 6.42 Å². The molecule has 1 N–H and O–H groups in total. The molecule has 0 bridgehead atoms. The van der Waals surface area contributed by atoms with Crippen molar-refractivity contribution in [2.24, 2.45) is 0 Å². The molecule has 0 fully saturated rings. The van der Waals surface area contributed by atoms with Gasteiger partial charge in [0.15, 0.2) is 0 Å². The molecular formula is C18H23N3O. The zero-order chi connectivity index (χ0) is 15.4. The largest absolute Gasteiger partial charge is 0.492 e. The number of pyridine rings is 1. The first-order valence-electron chi connectivity index (χ1n) is 7.78.